The van der Waals surface area contributed by atoms with E-state index in [9.17, 15) is 0 Å². The van der Waals surface area contributed by atoms with Gasteiger partial charge in [0.15, 0.2) is 0 Å². The molecule has 0 aliphatic heterocycles. The summed E-state index contributed by atoms with van der Waals surface area (Å²) in [6.45, 7) is 4.16. The van der Waals surface area contributed by atoms with Crippen molar-refractivity contribution in [2.75, 3.05) is 5.32 Å². The number of thiazole rings is 1. The predicted octanol–water partition coefficient (Wildman–Crippen LogP) is 3.78. The Kier molecular flexibility index (Phi) is 3.56. The van der Waals surface area contributed by atoms with Gasteiger partial charge in [0.05, 0.1) is 22.9 Å². The molecular formula is C11H12BrN3S. The van der Waals surface area contributed by atoms with Crippen LogP contribution in [-0.2, 0) is 0 Å². The minimum Gasteiger partial charge on any atom is -0.375 e. The summed E-state index contributed by atoms with van der Waals surface area (Å²) in [6, 6.07) is 4.16. The van der Waals surface area contributed by atoms with Crippen molar-refractivity contribution < 1.29 is 0 Å². The summed E-state index contributed by atoms with van der Waals surface area (Å²) in [6.07, 6.45) is 1.76. The Hall–Kier alpha value is -0.940. The molecule has 2 heterocycles. The molecule has 0 spiro atoms. The standard InChI is InChI=1S/C11H12BrN3S/c1-7-10(16-6-14-7)8(2)15-9-4-3-5-13-11(9)12/h3-6,8,15H,1-2H3. The number of hydrogen-bond donors (Lipinski definition) is 1. The molecule has 0 radical (unpaired) electrons. The summed E-state index contributed by atoms with van der Waals surface area (Å²) >= 11 is 5.09. The lowest BCUT2D eigenvalue weighted by Crippen LogP contribution is -2.07. The van der Waals surface area contributed by atoms with Crippen molar-refractivity contribution in [1.29, 1.82) is 0 Å². The molecule has 1 N–H and O–H groups in total. The average Bonchev–Trinajstić information content (AvgIpc) is 2.68. The Morgan fingerprint density at radius 1 is 1.44 bits per heavy atom. The van der Waals surface area contributed by atoms with Crippen LogP contribution in [0.15, 0.2) is 28.4 Å². The van der Waals surface area contributed by atoms with Gasteiger partial charge in [0.1, 0.15) is 4.60 Å². The second-order valence-electron chi connectivity index (χ2n) is 3.51. The molecule has 0 aliphatic rings. The fourth-order valence-corrected chi connectivity index (χ4v) is 2.69. The number of nitrogens with zero attached hydrogens (tertiary/aromatic N) is 2. The van der Waals surface area contributed by atoms with E-state index in [0.29, 0.717) is 0 Å². The van der Waals surface area contributed by atoms with Gasteiger partial charge < -0.3 is 5.32 Å². The van der Waals surface area contributed by atoms with E-state index in [1.807, 2.05) is 24.6 Å². The van der Waals surface area contributed by atoms with Crippen molar-refractivity contribution in [3.05, 3.63) is 39.0 Å². The van der Waals surface area contributed by atoms with Gasteiger partial charge in [0.2, 0.25) is 0 Å². The van der Waals surface area contributed by atoms with Gasteiger partial charge in [-0.2, -0.15) is 0 Å². The van der Waals surface area contributed by atoms with Gasteiger partial charge >= 0.3 is 0 Å². The van der Waals surface area contributed by atoms with E-state index in [1.165, 1.54) is 4.88 Å². The van der Waals surface area contributed by atoms with Crippen LogP contribution in [0.2, 0.25) is 0 Å². The van der Waals surface area contributed by atoms with Gasteiger partial charge in [-0.1, -0.05) is 0 Å². The number of anilines is 1. The Morgan fingerprint density at radius 2 is 2.25 bits per heavy atom. The highest BCUT2D eigenvalue weighted by Gasteiger charge is 2.11. The van der Waals surface area contributed by atoms with Crippen LogP contribution >= 0.6 is 27.3 Å². The Balaban J connectivity index is 2.17. The summed E-state index contributed by atoms with van der Waals surface area (Å²) in [5, 5.41) is 3.41. The quantitative estimate of drug-likeness (QED) is 0.876. The van der Waals surface area contributed by atoms with Crippen molar-refractivity contribution in [3.63, 3.8) is 0 Å². The smallest absolute Gasteiger partial charge is 0.129 e. The number of aromatic nitrogens is 2. The number of halogens is 1. The second-order valence-corrected chi connectivity index (χ2v) is 5.15. The van der Waals surface area contributed by atoms with Crippen molar-refractivity contribution >= 4 is 33.0 Å². The summed E-state index contributed by atoms with van der Waals surface area (Å²) in [5.41, 5.74) is 3.97. The highest BCUT2D eigenvalue weighted by Crippen LogP contribution is 2.27. The van der Waals surface area contributed by atoms with E-state index in [-0.39, 0.29) is 6.04 Å². The van der Waals surface area contributed by atoms with E-state index in [0.717, 1.165) is 16.0 Å². The van der Waals surface area contributed by atoms with Crippen LogP contribution < -0.4 is 5.32 Å². The topological polar surface area (TPSA) is 37.8 Å². The SMILES string of the molecule is Cc1ncsc1C(C)Nc1cccnc1Br. The first-order chi connectivity index (χ1) is 7.68. The maximum absolute atomic E-state index is 4.25. The minimum atomic E-state index is 0.244. The van der Waals surface area contributed by atoms with Crippen LogP contribution in [0.3, 0.4) is 0 Å². The van der Waals surface area contributed by atoms with Gasteiger partial charge in [0, 0.05) is 11.1 Å². The van der Waals surface area contributed by atoms with Crippen LogP contribution in [0.4, 0.5) is 5.69 Å². The van der Waals surface area contributed by atoms with Crippen molar-refractivity contribution in [1.82, 2.24) is 9.97 Å². The predicted molar refractivity (Wildman–Crippen MR) is 70.8 cm³/mol. The largest absolute Gasteiger partial charge is 0.375 e. The third-order valence-electron chi connectivity index (χ3n) is 2.31. The summed E-state index contributed by atoms with van der Waals surface area (Å²) in [4.78, 5) is 9.69. The van der Waals surface area contributed by atoms with E-state index < -0.39 is 0 Å². The Labute approximate surface area is 107 Å². The maximum atomic E-state index is 4.25. The molecule has 2 aromatic heterocycles. The first kappa shape index (κ1) is 11.5. The molecule has 2 aromatic rings. The van der Waals surface area contributed by atoms with Gasteiger partial charge in [-0.3, -0.25) is 0 Å². The molecule has 0 aromatic carbocycles. The number of hydrogen-bond acceptors (Lipinski definition) is 4. The number of rotatable bonds is 3. The van der Waals surface area contributed by atoms with E-state index >= 15 is 0 Å². The Morgan fingerprint density at radius 3 is 2.88 bits per heavy atom. The lowest BCUT2D eigenvalue weighted by molar-refractivity contribution is 0.886. The fourth-order valence-electron chi connectivity index (χ4n) is 1.52. The van der Waals surface area contributed by atoms with Gasteiger partial charge in [-0.15, -0.1) is 11.3 Å². The van der Waals surface area contributed by atoms with Crippen LogP contribution in [0, 0.1) is 6.92 Å². The number of nitrogens with one attached hydrogen (secondary N) is 1. The fraction of sp³-hybridized carbons (Fsp3) is 0.273. The van der Waals surface area contributed by atoms with Crippen molar-refractivity contribution in [2.45, 2.75) is 19.9 Å². The number of aryl methyl sites for hydroxylation is 1. The molecule has 3 nitrogen and oxygen atoms in total. The summed E-state index contributed by atoms with van der Waals surface area (Å²) in [7, 11) is 0. The molecule has 1 atom stereocenters. The lowest BCUT2D eigenvalue weighted by Gasteiger charge is -2.14. The van der Waals surface area contributed by atoms with Crippen molar-refractivity contribution in [2.24, 2.45) is 0 Å². The monoisotopic (exact) mass is 297 g/mol. The molecule has 0 aliphatic carbocycles. The molecule has 0 saturated carbocycles. The first-order valence-electron chi connectivity index (χ1n) is 4.95. The molecule has 0 amide bonds. The highest BCUT2D eigenvalue weighted by molar-refractivity contribution is 9.10. The molecule has 1 unspecified atom stereocenters. The van der Waals surface area contributed by atoms with E-state index in [4.69, 9.17) is 0 Å². The first-order valence-corrected chi connectivity index (χ1v) is 6.63. The Bertz CT molecular complexity index is 484. The van der Waals surface area contributed by atoms with Gasteiger partial charge in [0.25, 0.3) is 0 Å². The van der Waals surface area contributed by atoms with E-state index in [2.05, 4.69) is 38.1 Å². The van der Waals surface area contributed by atoms with Gasteiger partial charge in [-0.25, -0.2) is 9.97 Å². The minimum absolute atomic E-state index is 0.244. The third kappa shape index (κ3) is 2.41. The second kappa shape index (κ2) is 4.93. The maximum Gasteiger partial charge on any atom is 0.129 e. The number of pyridine rings is 1. The molecule has 16 heavy (non-hydrogen) atoms. The van der Waals surface area contributed by atoms with E-state index in [1.54, 1.807) is 17.5 Å². The summed E-state index contributed by atoms with van der Waals surface area (Å²) in [5.74, 6) is 0. The molecule has 84 valence electrons. The third-order valence-corrected chi connectivity index (χ3v) is 4.05. The lowest BCUT2D eigenvalue weighted by atomic mass is 10.2. The summed E-state index contributed by atoms with van der Waals surface area (Å²) < 4.78 is 0.837. The normalized spacial score (nSPS) is 12.4. The molecule has 0 saturated heterocycles. The van der Waals surface area contributed by atoms with Gasteiger partial charge in [-0.05, 0) is 41.9 Å². The van der Waals surface area contributed by atoms with Crippen LogP contribution in [0.1, 0.15) is 23.5 Å². The van der Waals surface area contributed by atoms with Crippen LogP contribution in [0.5, 0.6) is 0 Å². The molecule has 5 heteroatoms. The molecule has 2 rings (SSSR count). The molecule has 0 bridgehead atoms. The zero-order valence-electron chi connectivity index (χ0n) is 9.07. The van der Waals surface area contributed by atoms with Crippen molar-refractivity contribution in [3.8, 4) is 0 Å². The molecular weight excluding hydrogens is 286 g/mol. The highest BCUT2D eigenvalue weighted by atomic mass is 79.9. The molecule has 0 fully saturated rings. The van der Waals surface area contributed by atoms with Crippen LogP contribution in [-0.4, -0.2) is 9.97 Å². The zero-order chi connectivity index (χ0) is 11.5. The van der Waals surface area contributed by atoms with Crippen LogP contribution in [0.25, 0.3) is 0 Å². The average molecular weight is 298 g/mol. The zero-order valence-corrected chi connectivity index (χ0v) is 11.5.